The van der Waals surface area contributed by atoms with Gasteiger partial charge in [0.25, 0.3) is 0 Å². The monoisotopic (exact) mass is 670 g/mol. The molecule has 49 heavy (non-hydrogen) atoms. The summed E-state index contributed by atoms with van der Waals surface area (Å²) in [5.74, 6) is 1.08. The fraction of sp³-hybridized carbons (Fsp3) is 0.578. The molecule has 0 N–H and O–H groups in total. The topological polar surface area (TPSA) is 44.8 Å². The Balaban J connectivity index is 1.28. The van der Waals surface area contributed by atoms with Crippen LogP contribution >= 0.6 is 0 Å². The summed E-state index contributed by atoms with van der Waals surface area (Å²) < 4.78 is 17.7. The van der Waals surface area contributed by atoms with Gasteiger partial charge in [-0.25, -0.2) is 4.79 Å². The van der Waals surface area contributed by atoms with Crippen LogP contribution in [0.25, 0.3) is 11.1 Å². The second-order valence-corrected chi connectivity index (χ2v) is 13.8. The van der Waals surface area contributed by atoms with E-state index in [1.807, 2.05) is 60.7 Å². The summed E-state index contributed by atoms with van der Waals surface area (Å²) >= 11 is 0. The maximum absolute atomic E-state index is 12.8. The molecule has 4 nitrogen and oxygen atoms in total. The molecule has 0 fully saturated rings. The average molecular weight is 671 g/mol. The molecule has 3 rings (SSSR count). The Morgan fingerprint density at radius 1 is 0.490 bits per heavy atom. The Morgan fingerprint density at radius 3 is 1.37 bits per heavy atom. The molecule has 270 valence electrons. The minimum Gasteiger partial charge on any atom is -0.494 e. The van der Waals surface area contributed by atoms with Crippen LogP contribution in [0.2, 0.25) is 0 Å². The number of hydrogen-bond donors (Lipinski definition) is 0. The zero-order chi connectivity index (χ0) is 34.8. The quantitative estimate of drug-likeness (QED) is 0.0438. The average Bonchev–Trinajstić information content (AvgIpc) is 3.13. The van der Waals surface area contributed by atoms with E-state index in [1.165, 1.54) is 116 Å². The summed E-state index contributed by atoms with van der Waals surface area (Å²) in [6.45, 7) is 8.14. The molecule has 0 bridgehead atoms. The largest absolute Gasteiger partial charge is 0.494 e. The summed E-state index contributed by atoms with van der Waals surface area (Å²) in [6.07, 6.45) is 26.5. The first-order chi connectivity index (χ1) is 24.1. The summed E-state index contributed by atoms with van der Waals surface area (Å²) in [4.78, 5) is 12.8. The molecule has 0 spiro atoms. The third kappa shape index (κ3) is 17.4. The summed E-state index contributed by atoms with van der Waals surface area (Å²) in [6, 6.07) is 23.5. The van der Waals surface area contributed by atoms with E-state index in [4.69, 9.17) is 14.2 Å². The first-order valence-corrected chi connectivity index (χ1v) is 19.9. The fourth-order valence-electron chi connectivity index (χ4n) is 6.24. The van der Waals surface area contributed by atoms with Crippen molar-refractivity contribution < 1.29 is 19.0 Å². The predicted molar refractivity (Wildman–Crippen MR) is 207 cm³/mol. The van der Waals surface area contributed by atoms with Crippen molar-refractivity contribution in [3.8, 4) is 22.6 Å². The van der Waals surface area contributed by atoms with Gasteiger partial charge in [0, 0.05) is 6.61 Å². The van der Waals surface area contributed by atoms with Crippen LogP contribution in [-0.2, 0) is 4.74 Å². The summed E-state index contributed by atoms with van der Waals surface area (Å²) in [5.41, 5.74) is 3.77. The van der Waals surface area contributed by atoms with Crippen molar-refractivity contribution >= 4 is 5.97 Å². The van der Waals surface area contributed by atoms with Crippen LogP contribution < -0.4 is 9.47 Å². The van der Waals surface area contributed by atoms with E-state index >= 15 is 0 Å². The summed E-state index contributed by atoms with van der Waals surface area (Å²) in [7, 11) is 0. The number of benzene rings is 3. The van der Waals surface area contributed by atoms with E-state index in [-0.39, 0.29) is 12.1 Å². The van der Waals surface area contributed by atoms with Gasteiger partial charge in [-0.15, -0.1) is 0 Å². The lowest BCUT2D eigenvalue weighted by molar-refractivity contribution is 0.0626. The SMILES string of the molecule is CCCCCCCCCCCCCCCOc1ccc(-c2ccc(OC(=O)c3ccc(C(C)OCCCCCCCCC)cc3)cc2)cc1. The van der Waals surface area contributed by atoms with Gasteiger partial charge in [0.05, 0.1) is 18.3 Å². The van der Waals surface area contributed by atoms with Gasteiger partial charge in [-0.2, -0.15) is 0 Å². The Labute approximate surface area is 299 Å². The third-order valence-corrected chi connectivity index (χ3v) is 9.50. The molecule has 4 heteroatoms. The van der Waals surface area contributed by atoms with Gasteiger partial charge < -0.3 is 14.2 Å². The molecule has 0 aromatic heterocycles. The highest BCUT2D eigenvalue weighted by Crippen LogP contribution is 2.26. The highest BCUT2D eigenvalue weighted by molar-refractivity contribution is 5.91. The van der Waals surface area contributed by atoms with Crippen LogP contribution in [-0.4, -0.2) is 19.2 Å². The van der Waals surface area contributed by atoms with Crippen molar-refractivity contribution in [2.75, 3.05) is 13.2 Å². The molecule has 0 amide bonds. The van der Waals surface area contributed by atoms with Crippen molar-refractivity contribution in [2.45, 2.75) is 155 Å². The van der Waals surface area contributed by atoms with Gasteiger partial charge in [0.1, 0.15) is 11.5 Å². The number of carbonyl (C=O) groups excluding carboxylic acids is 1. The van der Waals surface area contributed by atoms with Gasteiger partial charge in [0.15, 0.2) is 0 Å². The molecule has 3 aromatic carbocycles. The van der Waals surface area contributed by atoms with Crippen molar-refractivity contribution in [2.24, 2.45) is 0 Å². The maximum atomic E-state index is 12.8. The van der Waals surface area contributed by atoms with Crippen LogP contribution in [0.4, 0.5) is 0 Å². The molecule has 0 heterocycles. The lowest BCUT2D eigenvalue weighted by Gasteiger charge is -2.14. The maximum Gasteiger partial charge on any atom is 0.343 e. The van der Waals surface area contributed by atoms with Gasteiger partial charge in [-0.3, -0.25) is 0 Å². The first-order valence-electron chi connectivity index (χ1n) is 19.9. The van der Waals surface area contributed by atoms with E-state index in [1.54, 1.807) is 0 Å². The van der Waals surface area contributed by atoms with Crippen molar-refractivity contribution in [3.63, 3.8) is 0 Å². The normalized spacial score (nSPS) is 11.8. The third-order valence-electron chi connectivity index (χ3n) is 9.50. The van der Waals surface area contributed by atoms with Crippen molar-refractivity contribution in [3.05, 3.63) is 83.9 Å². The Kier molecular flexibility index (Phi) is 21.2. The van der Waals surface area contributed by atoms with Crippen LogP contribution in [0.15, 0.2) is 72.8 Å². The smallest absolute Gasteiger partial charge is 0.343 e. The number of rotatable bonds is 28. The van der Waals surface area contributed by atoms with Crippen LogP contribution in [0, 0.1) is 0 Å². The zero-order valence-electron chi connectivity index (χ0n) is 31.2. The highest BCUT2D eigenvalue weighted by Gasteiger charge is 2.12. The molecule has 1 atom stereocenters. The second-order valence-electron chi connectivity index (χ2n) is 13.8. The van der Waals surface area contributed by atoms with Crippen molar-refractivity contribution in [1.82, 2.24) is 0 Å². The van der Waals surface area contributed by atoms with Gasteiger partial charge in [-0.1, -0.05) is 166 Å². The molecule has 0 saturated heterocycles. The summed E-state index contributed by atoms with van der Waals surface area (Å²) in [5, 5.41) is 0. The predicted octanol–water partition coefficient (Wildman–Crippen LogP) is 13.9. The highest BCUT2D eigenvalue weighted by atomic mass is 16.5. The van der Waals surface area contributed by atoms with Crippen LogP contribution in [0.5, 0.6) is 11.5 Å². The lowest BCUT2D eigenvalue weighted by Crippen LogP contribution is -2.09. The van der Waals surface area contributed by atoms with E-state index in [0.717, 1.165) is 48.5 Å². The van der Waals surface area contributed by atoms with E-state index in [0.29, 0.717) is 11.3 Å². The Hall–Kier alpha value is -3.11. The van der Waals surface area contributed by atoms with Crippen molar-refractivity contribution in [1.29, 1.82) is 0 Å². The molecule has 0 radical (unpaired) electrons. The van der Waals surface area contributed by atoms with Gasteiger partial charge >= 0.3 is 5.97 Å². The number of ether oxygens (including phenoxy) is 3. The molecule has 0 aliphatic heterocycles. The Bertz CT molecular complexity index is 1230. The number of carbonyl (C=O) groups is 1. The molecular formula is C45H66O4. The van der Waals surface area contributed by atoms with E-state index in [2.05, 4.69) is 32.9 Å². The molecular weight excluding hydrogens is 604 g/mol. The van der Waals surface area contributed by atoms with Gasteiger partial charge in [0.2, 0.25) is 0 Å². The molecule has 0 aliphatic rings. The molecule has 0 aliphatic carbocycles. The van der Waals surface area contributed by atoms with E-state index < -0.39 is 0 Å². The fourth-order valence-corrected chi connectivity index (χ4v) is 6.24. The molecule has 1 unspecified atom stereocenters. The minimum atomic E-state index is -0.360. The molecule has 0 saturated carbocycles. The second kappa shape index (κ2) is 25.8. The minimum absolute atomic E-state index is 0.00222. The number of hydrogen-bond acceptors (Lipinski definition) is 4. The number of unbranched alkanes of at least 4 members (excludes halogenated alkanes) is 18. The Morgan fingerprint density at radius 2 is 0.898 bits per heavy atom. The standard InChI is InChI=1S/C45H66O4/c1-4-6-8-10-12-13-14-15-16-17-19-21-23-37-48-43-32-28-40(29-33-43)41-30-34-44(35-31-41)49-45(46)42-26-24-39(25-27-42)38(3)47-36-22-20-18-11-9-7-5-2/h24-35,38H,4-23,36-37H2,1-3H3. The zero-order valence-corrected chi connectivity index (χ0v) is 31.2. The van der Waals surface area contributed by atoms with Crippen LogP contribution in [0.1, 0.15) is 171 Å². The van der Waals surface area contributed by atoms with Crippen LogP contribution in [0.3, 0.4) is 0 Å². The lowest BCUT2D eigenvalue weighted by atomic mass is 10.0. The van der Waals surface area contributed by atoms with E-state index in [9.17, 15) is 4.79 Å². The number of esters is 1. The molecule has 3 aromatic rings. The first kappa shape index (κ1) is 40.3. The van der Waals surface area contributed by atoms with Gasteiger partial charge in [-0.05, 0) is 72.9 Å².